The first-order valence-electron chi connectivity index (χ1n) is 6.36. The summed E-state index contributed by atoms with van der Waals surface area (Å²) < 4.78 is 29.9. The lowest BCUT2D eigenvalue weighted by molar-refractivity contribution is 0.309. The number of nitrogens with two attached hydrogens (primary N) is 1. The van der Waals surface area contributed by atoms with E-state index in [0.717, 1.165) is 24.2 Å². The maximum atomic E-state index is 12.3. The summed E-state index contributed by atoms with van der Waals surface area (Å²) in [5.41, 5.74) is 6.80. The summed E-state index contributed by atoms with van der Waals surface area (Å²) in [5, 5.41) is 0.718. The Morgan fingerprint density at radius 3 is 2.76 bits per heavy atom. The molecule has 0 spiro atoms. The lowest BCUT2D eigenvalue weighted by Crippen LogP contribution is -2.07. The zero-order valence-electron chi connectivity index (χ0n) is 11.0. The van der Waals surface area contributed by atoms with E-state index < -0.39 is 10.1 Å². The van der Waals surface area contributed by atoms with E-state index in [1.807, 2.05) is 0 Å². The minimum absolute atomic E-state index is 0.107. The summed E-state index contributed by atoms with van der Waals surface area (Å²) in [7, 11) is -3.87. The highest BCUT2D eigenvalue weighted by molar-refractivity contribution is 7.89. The Bertz CT molecular complexity index is 769. The molecule has 1 aromatic heterocycles. The average Bonchev–Trinajstić information content (AvgIpc) is 3.20. The van der Waals surface area contributed by atoms with E-state index in [1.165, 1.54) is 0 Å². The molecule has 0 radical (unpaired) electrons. The molecule has 0 aliphatic heterocycles. The second-order valence-corrected chi connectivity index (χ2v) is 8.06. The molecular weight excluding hydrogens is 332 g/mol. The Labute approximate surface area is 131 Å². The van der Waals surface area contributed by atoms with Crippen molar-refractivity contribution in [3.05, 3.63) is 40.5 Å². The molecule has 3 rings (SSSR count). The molecule has 8 heteroatoms. The third kappa shape index (κ3) is 3.21. The first-order chi connectivity index (χ1) is 9.97. The van der Waals surface area contributed by atoms with Crippen molar-refractivity contribution >= 4 is 38.2 Å². The number of nitrogen functional groups attached to an aromatic ring is 1. The zero-order chi connectivity index (χ0) is 15.0. The standard InChI is InChI=1S/C13H13ClN2O3S2/c14-10-4-2-1-3-9(10)7-19-21(17,18)12-11(8-5-6-8)16-13(15)20-12/h1-4,8H,5-7H2,(H2,15,16). The number of rotatable bonds is 5. The molecule has 1 aromatic carbocycles. The summed E-state index contributed by atoms with van der Waals surface area (Å²) in [6.45, 7) is -0.107. The number of benzene rings is 1. The van der Waals surface area contributed by atoms with E-state index in [4.69, 9.17) is 21.5 Å². The molecule has 2 aromatic rings. The van der Waals surface area contributed by atoms with Crippen molar-refractivity contribution in [1.29, 1.82) is 0 Å². The van der Waals surface area contributed by atoms with Crippen LogP contribution in [0.5, 0.6) is 0 Å². The van der Waals surface area contributed by atoms with Gasteiger partial charge in [-0.1, -0.05) is 41.1 Å². The number of thiazole rings is 1. The summed E-state index contributed by atoms with van der Waals surface area (Å²) >= 11 is 6.94. The van der Waals surface area contributed by atoms with Gasteiger partial charge in [0, 0.05) is 10.9 Å². The maximum absolute atomic E-state index is 12.3. The number of anilines is 1. The number of hydrogen-bond acceptors (Lipinski definition) is 6. The topological polar surface area (TPSA) is 82.3 Å². The smallest absolute Gasteiger partial charge is 0.308 e. The van der Waals surface area contributed by atoms with Crippen molar-refractivity contribution in [1.82, 2.24) is 4.98 Å². The highest BCUT2D eigenvalue weighted by Gasteiger charge is 2.35. The van der Waals surface area contributed by atoms with Crippen molar-refractivity contribution in [3.8, 4) is 0 Å². The van der Waals surface area contributed by atoms with E-state index in [9.17, 15) is 8.42 Å². The van der Waals surface area contributed by atoms with E-state index >= 15 is 0 Å². The predicted molar refractivity (Wildman–Crippen MR) is 81.9 cm³/mol. The molecule has 1 aliphatic carbocycles. The van der Waals surface area contributed by atoms with E-state index in [1.54, 1.807) is 24.3 Å². The van der Waals surface area contributed by atoms with Crippen molar-refractivity contribution in [2.75, 3.05) is 5.73 Å². The van der Waals surface area contributed by atoms with E-state index in [-0.39, 0.29) is 21.9 Å². The Hall–Kier alpha value is -1.15. The zero-order valence-corrected chi connectivity index (χ0v) is 13.3. The van der Waals surface area contributed by atoms with Crippen LogP contribution in [0.25, 0.3) is 0 Å². The van der Waals surface area contributed by atoms with Crippen LogP contribution < -0.4 is 5.73 Å². The third-order valence-corrected chi connectivity index (χ3v) is 6.17. The first kappa shape index (κ1) is 14.8. The van der Waals surface area contributed by atoms with Crippen LogP contribution in [-0.2, 0) is 20.9 Å². The number of halogens is 1. The number of aromatic nitrogens is 1. The van der Waals surface area contributed by atoms with Crippen molar-refractivity contribution in [2.45, 2.75) is 29.6 Å². The first-order valence-corrected chi connectivity index (χ1v) is 8.96. The number of nitrogens with zero attached hydrogens (tertiary/aromatic N) is 1. The lowest BCUT2D eigenvalue weighted by Gasteiger charge is -2.06. The van der Waals surface area contributed by atoms with Gasteiger partial charge >= 0.3 is 10.1 Å². The van der Waals surface area contributed by atoms with Gasteiger partial charge < -0.3 is 5.73 Å². The molecule has 1 heterocycles. The van der Waals surface area contributed by atoms with Crippen molar-refractivity contribution in [2.24, 2.45) is 0 Å². The van der Waals surface area contributed by atoms with Gasteiger partial charge in [0.25, 0.3) is 0 Å². The number of hydrogen-bond donors (Lipinski definition) is 1. The largest absolute Gasteiger partial charge is 0.375 e. The fourth-order valence-corrected chi connectivity index (χ4v) is 4.45. The highest BCUT2D eigenvalue weighted by Crippen LogP contribution is 2.45. The molecule has 0 saturated heterocycles. The van der Waals surface area contributed by atoms with Gasteiger partial charge in [-0.15, -0.1) is 0 Å². The van der Waals surface area contributed by atoms with Crippen LogP contribution in [0.4, 0.5) is 5.13 Å². The van der Waals surface area contributed by atoms with Crippen LogP contribution in [0.15, 0.2) is 28.5 Å². The fourth-order valence-electron chi connectivity index (χ4n) is 1.94. The average molecular weight is 345 g/mol. The molecule has 1 aliphatic rings. The second-order valence-electron chi connectivity index (χ2n) is 4.81. The molecule has 0 atom stereocenters. The lowest BCUT2D eigenvalue weighted by atomic mass is 10.2. The molecule has 0 amide bonds. The van der Waals surface area contributed by atoms with Gasteiger partial charge in [0.05, 0.1) is 12.3 Å². The predicted octanol–water partition coefficient (Wildman–Crippen LogP) is 3.16. The molecule has 21 heavy (non-hydrogen) atoms. The van der Waals surface area contributed by atoms with Gasteiger partial charge in [-0.05, 0) is 24.5 Å². The minimum atomic E-state index is -3.87. The Morgan fingerprint density at radius 2 is 2.10 bits per heavy atom. The molecule has 1 saturated carbocycles. The van der Waals surface area contributed by atoms with E-state index in [0.29, 0.717) is 16.3 Å². The molecule has 2 N–H and O–H groups in total. The van der Waals surface area contributed by atoms with Gasteiger partial charge in [-0.2, -0.15) is 8.42 Å². The molecular formula is C13H13ClN2O3S2. The Morgan fingerprint density at radius 1 is 1.38 bits per heavy atom. The molecule has 0 bridgehead atoms. The van der Waals surface area contributed by atoms with Gasteiger partial charge in [0.1, 0.15) is 0 Å². The normalized spacial score (nSPS) is 15.3. The fraction of sp³-hybridized carbons (Fsp3) is 0.308. The van der Waals surface area contributed by atoms with Gasteiger partial charge in [-0.3, -0.25) is 4.18 Å². The van der Waals surface area contributed by atoms with Crippen LogP contribution in [-0.4, -0.2) is 13.4 Å². The van der Waals surface area contributed by atoms with Crippen LogP contribution >= 0.6 is 22.9 Å². The molecule has 0 unspecified atom stereocenters. The summed E-state index contributed by atoms with van der Waals surface area (Å²) in [4.78, 5) is 4.12. The summed E-state index contributed by atoms with van der Waals surface area (Å²) in [6.07, 6.45) is 1.88. The molecule has 1 fully saturated rings. The Balaban J connectivity index is 1.83. The van der Waals surface area contributed by atoms with Crippen LogP contribution in [0.1, 0.15) is 30.0 Å². The second kappa shape index (κ2) is 5.57. The molecule has 5 nitrogen and oxygen atoms in total. The van der Waals surface area contributed by atoms with Crippen LogP contribution in [0.3, 0.4) is 0 Å². The highest BCUT2D eigenvalue weighted by atomic mass is 35.5. The monoisotopic (exact) mass is 344 g/mol. The summed E-state index contributed by atoms with van der Waals surface area (Å²) in [5.74, 6) is 0.187. The van der Waals surface area contributed by atoms with Crippen molar-refractivity contribution < 1.29 is 12.6 Å². The van der Waals surface area contributed by atoms with Crippen molar-refractivity contribution in [3.63, 3.8) is 0 Å². The third-order valence-electron chi connectivity index (χ3n) is 3.16. The van der Waals surface area contributed by atoms with Gasteiger partial charge in [0.2, 0.25) is 0 Å². The van der Waals surface area contributed by atoms with Crippen LogP contribution in [0, 0.1) is 0 Å². The quantitative estimate of drug-likeness (QED) is 0.842. The summed E-state index contributed by atoms with van der Waals surface area (Å²) in [6, 6.07) is 6.96. The van der Waals surface area contributed by atoms with Crippen LogP contribution in [0.2, 0.25) is 5.02 Å². The SMILES string of the molecule is Nc1nc(C2CC2)c(S(=O)(=O)OCc2ccccc2Cl)s1. The maximum Gasteiger partial charge on any atom is 0.308 e. The minimum Gasteiger partial charge on any atom is -0.375 e. The van der Waals surface area contributed by atoms with E-state index in [2.05, 4.69) is 4.98 Å². The van der Waals surface area contributed by atoms with Gasteiger partial charge in [0.15, 0.2) is 9.34 Å². The Kier molecular flexibility index (Phi) is 3.92. The molecule has 112 valence electrons. The van der Waals surface area contributed by atoms with Gasteiger partial charge in [-0.25, -0.2) is 4.98 Å².